The van der Waals surface area contributed by atoms with Crippen molar-refractivity contribution in [1.82, 2.24) is 29.5 Å². The highest BCUT2D eigenvalue weighted by atomic mass is 35.5. The van der Waals surface area contributed by atoms with Crippen molar-refractivity contribution in [1.29, 1.82) is 0 Å². The molecule has 0 bridgehead atoms. The number of nitrogens with two attached hydrogens (primary N) is 2. The van der Waals surface area contributed by atoms with E-state index in [0.717, 1.165) is 22.3 Å². The molecule has 5 aromatic rings. The zero-order chi connectivity index (χ0) is 24.2. The molecule has 1 unspecified atom stereocenters. The summed E-state index contributed by atoms with van der Waals surface area (Å²) >= 11 is 6.32. The number of anilines is 1. The molecule has 5 rings (SSSR count). The lowest BCUT2D eigenvalue weighted by Crippen LogP contribution is -2.14. The minimum absolute atomic E-state index is 0.274. The Bertz CT molecular complexity index is 1680. The van der Waals surface area contributed by atoms with Crippen molar-refractivity contribution in [2.75, 3.05) is 5.73 Å². The van der Waals surface area contributed by atoms with Crippen LogP contribution in [0, 0.1) is 6.92 Å². The number of hydrogen-bond donors (Lipinski definition) is 2. The van der Waals surface area contributed by atoms with E-state index in [0.29, 0.717) is 33.1 Å². The number of aryl methyl sites for hydroxylation is 1. The van der Waals surface area contributed by atoms with Crippen LogP contribution < -0.4 is 10.9 Å². The summed E-state index contributed by atoms with van der Waals surface area (Å²) in [4.78, 5) is 8.48. The molecule has 0 amide bonds. The Hall–Kier alpha value is -3.54. The molecule has 174 valence electrons. The van der Waals surface area contributed by atoms with Gasteiger partial charge in [0.15, 0.2) is 5.65 Å². The van der Waals surface area contributed by atoms with Crippen LogP contribution in [0.5, 0.6) is 0 Å². The van der Waals surface area contributed by atoms with Gasteiger partial charge in [-0.15, -0.1) is 0 Å². The van der Waals surface area contributed by atoms with E-state index in [1.165, 1.54) is 6.33 Å². The smallest absolute Gasteiger partial charge is 0.213 e. The molecule has 0 aliphatic heterocycles. The first-order chi connectivity index (χ1) is 16.1. The van der Waals surface area contributed by atoms with Crippen LogP contribution in [0.2, 0.25) is 5.02 Å². The summed E-state index contributed by atoms with van der Waals surface area (Å²) in [5.41, 5.74) is 10.1. The molecule has 0 aliphatic carbocycles. The van der Waals surface area contributed by atoms with Crippen LogP contribution in [-0.2, 0) is 15.8 Å². The van der Waals surface area contributed by atoms with Crippen LogP contribution in [0.25, 0.3) is 27.6 Å². The van der Waals surface area contributed by atoms with Gasteiger partial charge in [-0.3, -0.25) is 0 Å². The summed E-state index contributed by atoms with van der Waals surface area (Å²) in [7, 11) is -3.68. The zero-order valence-electron chi connectivity index (χ0n) is 18.3. The second-order valence-electron chi connectivity index (χ2n) is 8.10. The maximum Gasteiger partial charge on any atom is 0.213 e. The Morgan fingerprint density at radius 1 is 1.12 bits per heavy atom. The lowest BCUT2D eigenvalue weighted by molar-refractivity contribution is 0.559. The van der Waals surface area contributed by atoms with Crippen molar-refractivity contribution < 1.29 is 8.42 Å². The van der Waals surface area contributed by atoms with Crippen molar-refractivity contribution in [2.45, 2.75) is 25.6 Å². The Kier molecular flexibility index (Phi) is 5.27. The van der Waals surface area contributed by atoms with Crippen LogP contribution in [0.1, 0.15) is 29.9 Å². The average Bonchev–Trinajstić information content (AvgIpc) is 3.31. The van der Waals surface area contributed by atoms with Gasteiger partial charge in [0.25, 0.3) is 0 Å². The van der Waals surface area contributed by atoms with Crippen molar-refractivity contribution >= 4 is 49.4 Å². The monoisotopic (exact) mass is 496 g/mol. The van der Waals surface area contributed by atoms with Gasteiger partial charge in [0, 0.05) is 10.4 Å². The van der Waals surface area contributed by atoms with Gasteiger partial charge in [-0.1, -0.05) is 23.7 Å². The SMILES string of the molecule is Cc1nn(C(C)c2nn(-c3cccc(CS(N)(=O)=O)c3)c3cc(Cl)ccc23)c2ncnc(N)c12. The highest BCUT2D eigenvalue weighted by Crippen LogP contribution is 2.32. The summed E-state index contributed by atoms with van der Waals surface area (Å²) < 4.78 is 26.7. The lowest BCUT2D eigenvalue weighted by atomic mass is 10.1. The topological polar surface area (TPSA) is 148 Å². The van der Waals surface area contributed by atoms with Crippen LogP contribution in [0.15, 0.2) is 48.8 Å². The van der Waals surface area contributed by atoms with Gasteiger partial charge in [-0.2, -0.15) is 10.2 Å². The van der Waals surface area contributed by atoms with Crippen LogP contribution in [0.3, 0.4) is 0 Å². The van der Waals surface area contributed by atoms with Crippen molar-refractivity contribution in [3.8, 4) is 5.69 Å². The molecule has 3 heterocycles. The summed E-state index contributed by atoms with van der Waals surface area (Å²) in [6, 6.07) is 12.3. The van der Waals surface area contributed by atoms with Crippen LogP contribution >= 0.6 is 11.6 Å². The molecular formula is C22H21ClN8O2S. The van der Waals surface area contributed by atoms with Crippen LogP contribution in [0.4, 0.5) is 5.82 Å². The van der Waals surface area contributed by atoms with Gasteiger partial charge >= 0.3 is 0 Å². The fraction of sp³-hybridized carbons (Fsp3) is 0.182. The molecule has 10 nitrogen and oxygen atoms in total. The van der Waals surface area contributed by atoms with Gasteiger partial charge in [-0.25, -0.2) is 32.9 Å². The van der Waals surface area contributed by atoms with E-state index in [-0.39, 0.29) is 11.8 Å². The molecular weight excluding hydrogens is 476 g/mol. The number of aromatic nitrogens is 6. The number of nitrogens with zero attached hydrogens (tertiary/aromatic N) is 6. The number of sulfonamides is 1. The van der Waals surface area contributed by atoms with E-state index in [4.69, 9.17) is 27.6 Å². The molecule has 34 heavy (non-hydrogen) atoms. The first-order valence-electron chi connectivity index (χ1n) is 10.4. The molecule has 0 radical (unpaired) electrons. The molecule has 0 aliphatic rings. The molecule has 3 aromatic heterocycles. The second-order valence-corrected chi connectivity index (χ2v) is 10.1. The standard InChI is InChI=1S/C22H21ClN8O2S/c1-12-19-21(24)26-11-27-22(19)30(28-12)13(2)20-17-7-6-15(23)9-18(17)31(29-20)16-5-3-4-14(8-16)10-34(25,32)33/h3-9,11,13H,10H2,1-2H3,(H2,24,26,27)(H2,25,32,33). The molecule has 12 heteroatoms. The molecule has 4 N–H and O–H groups in total. The molecule has 1 atom stereocenters. The maximum absolute atomic E-state index is 11.6. The van der Waals surface area contributed by atoms with Gasteiger partial charge in [-0.05, 0) is 49.7 Å². The first kappa shape index (κ1) is 22.3. The van der Waals surface area contributed by atoms with E-state index < -0.39 is 10.0 Å². The molecule has 0 saturated heterocycles. The van der Waals surface area contributed by atoms with Crippen molar-refractivity contribution in [3.05, 3.63) is 70.8 Å². The Morgan fingerprint density at radius 3 is 2.68 bits per heavy atom. The van der Waals surface area contributed by atoms with Gasteiger partial charge in [0.05, 0.1) is 39.8 Å². The van der Waals surface area contributed by atoms with E-state index in [1.807, 2.05) is 32.0 Å². The number of nitrogen functional groups attached to an aromatic ring is 1. The predicted molar refractivity (Wildman–Crippen MR) is 131 cm³/mol. The molecule has 0 spiro atoms. The largest absolute Gasteiger partial charge is 0.383 e. The summed E-state index contributed by atoms with van der Waals surface area (Å²) in [6.45, 7) is 3.83. The minimum atomic E-state index is -3.68. The fourth-order valence-corrected chi connectivity index (χ4v) is 4.99. The fourth-order valence-electron chi connectivity index (χ4n) is 4.18. The van der Waals surface area contributed by atoms with Crippen molar-refractivity contribution in [3.63, 3.8) is 0 Å². The Balaban J connectivity index is 1.69. The summed E-state index contributed by atoms with van der Waals surface area (Å²) in [5.74, 6) is 0.0961. The molecule has 0 saturated carbocycles. The van der Waals surface area contributed by atoms with E-state index in [1.54, 1.807) is 33.6 Å². The highest BCUT2D eigenvalue weighted by molar-refractivity contribution is 7.88. The van der Waals surface area contributed by atoms with E-state index in [9.17, 15) is 8.42 Å². The predicted octanol–water partition coefficient (Wildman–Crippen LogP) is 3.11. The number of halogens is 1. The number of rotatable bonds is 5. The number of primary sulfonamides is 1. The maximum atomic E-state index is 11.6. The van der Waals surface area contributed by atoms with E-state index in [2.05, 4.69) is 15.1 Å². The van der Waals surface area contributed by atoms with E-state index >= 15 is 0 Å². The highest BCUT2D eigenvalue weighted by Gasteiger charge is 2.23. The number of hydrogen-bond acceptors (Lipinski definition) is 7. The minimum Gasteiger partial charge on any atom is -0.383 e. The normalized spacial score (nSPS) is 13.1. The first-order valence-corrected chi connectivity index (χ1v) is 12.4. The third-order valence-electron chi connectivity index (χ3n) is 5.65. The van der Waals surface area contributed by atoms with Gasteiger partial charge in [0.1, 0.15) is 12.1 Å². The summed E-state index contributed by atoms with van der Waals surface area (Å²) in [6.07, 6.45) is 1.41. The molecule has 0 fully saturated rings. The second kappa shape index (κ2) is 8.05. The number of fused-ring (bicyclic) bond motifs is 2. The molecule has 2 aromatic carbocycles. The van der Waals surface area contributed by atoms with Gasteiger partial charge < -0.3 is 5.73 Å². The third-order valence-corrected chi connectivity index (χ3v) is 6.62. The lowest BCUT2D eigenvalue weighted by Gasteiger charge is -2.11. The third kappa shape index (κ3) is 3.87. The Labute approximate surface area is 200 Å². The van der Waals surface area contributed by atoms with Gasteiger partial charge in [0.2, 0.25) is 10.0 Å². The van der Waals surface area contributed by atoms with Crippen molar-refractivity contribution in [2.24, 2.45) is 5.14 Å². The number of benzene rings is 2. The summed E-state index contributed by atoms with van der Waals surface area (Å²) in [5, 5.41) is 16.9. The zero-order valence-corrected chi connectivity index (χ0v) is 19.9. The Morgan fingerprint density at radius 2 is 1.91 bits per heavy atom. The quantitative estimate of drug-likeness (QED) is 0.379. The van der Waals surface area contributed by atoms with Crippen LogP contribution in [-0.4, -0.2) is 37.9 Å². The average molecular weight is 497 g/mol.